The topological polar surface area (TPSA) is 138 Å². The van der Waals surface area contributed by atoms with Gasteiger partial charge in [-0.2, -0.15) is 0 Å². The maximum absolute atomic E-state index is 12.2. The molecule has 1 rings (SSSR count). The van der Waals surface area contributed by atoms with Crippen LogP contribution in [0.2, 0.25) is 0 Å². The van der Waals surface area contributed by atoms with Gasteiger partial charge in [0.15, 0.2) is 10.8 Å². The number of hydrogen-bond donors (Lipinski definition) is 3. The molecule has 0 aromatic rings. The molecule has 0 radical (unpaired) electrons. The number of carbonyl (C=O) groups excluding carboxylic acids is 1. The number of hydrogen-bond acceptors (Lipinski definition) is 5. The lowest BCUT2D eigenvalue weighted by molar-refractivity contribution is -0.202. The molecule has 1 atom stereocenters. The molecule has 1 saturated carbocycles. The second kappa shape index (κ2) is 6.11. The zero-order valence-corrected chi connectivity index (χ0v) is 11.6. The van der Waals surface area contributed by atoms with Crippen molar-refractivity contribution in [3.8, 4) is 0 Å². The van der Waals surface area contributed by atoms with Crippen LogP contribution in [0.1, 0.15) is 39.0 Å². The molecule has 1 aliphatic rings. The van der Waals surface area contributed by atoms with E-state index in [9.17, 15) is 34.5 Å². The van der Waals surface area contributed by atoms with Crippen LogP contribution in [0.5, 0.6) is 0 Å². The molecule has 1 fully saturated rings. The summed E-state index contributed by atoms with van der Waals surface area (Å²) in [6.45, 7) is 1.59. The summed E-state index contributed by atoms with van der Waals surface area (Å²) in [5, 5.41) is 28.2. The Balaban J connectivity index is 3.49. The van der Waals surface area contributed by atoms with Crippen LogP contribution >= 0.6 is 0 Å². The molecule has 3 N–H and O–H groups in total. The zero-order valence-electron chi connectivity index (χ0n) is 11.6. The fraction of sp³-hybridized carbons (Fsp3) is 0.692. The number of rotatable bonds is 6. The molecule has 0 amide bonds. The van der Waals surface area contributed by atoms with Crippen molar-refractivity contribution in [2.24, 2.45) is 10.8 Å². The molecule has 8 nitrogen and oxygen atoms in total. The molecule has 1 unspecified atom stereocenters. The summed E-state index contributed by atoms with van der Waals surface area (Å²) in [6.07, 6.45) is 0.0772. The van der Waals surface area contributed by atoms with Gasteiger partial charge < -0.3 is 20.1 Å². The summed E-state index contributed by atoms with van der Waals surface area (Å²) in [6, 6.07) is 0. The van der Waals surface area contributed by atoms with E-state index in [0.717, 1.165) is 0 Å². The SMILES string of the molecule is CCCOC(=O)C1(C(=O)O)CCCCC1(C(=O)O)C(=O)O. The van der Waals surface area contributed by atoms with Gasteiger partial charge in [0, 0.05) is 0 Å². The first kappa shape index (κ1) is 16.9. The number of carboxylic acid groups (broad SMARTS) is 3. The van der Waals surface area contributed by atoms with Crippen LogP contribution in [-0.4, -0.2) is 45.8 Å². The minimum Gasteiger partial charge on any atom is -0.480 e. The van der Waals surface area contributed by atoms with Crippen molar-refractivity contribution < 1.29 is 39.2 Å². The van der Waals surface area contributed by atoms with Gasteiger partial charge in [0.25, 0.3) is 0 Å². The zero-order chi connectivity index (χ0) is 16.3. The van der Waals surface area contributed by atoms with Gasteiger partial charge in [-0.15, -0.1) is 0 Å². The van der Waals surface area contributed by atoms with Crippen molar-refractivity contribution in [3.05, 3.63) is 0 Å². The van der Waals surface area contributed by atoms with Crippen molar-refractivity contribution in [1.29, 1.82) is 0 Å². The molecule has 21 heavy (non-hydrogen) atoms. The fourth-order valence-corrected chi connectivity index (χ4v) is 2.85. The van der Waals surface area contributed by atoms with Crippen molar-refractivity contribution in [2.45, 2.75) is 39.0 Å². The smallest absolute Gasteiger partial charge is 0.325 e. The molecule has 0 heterocycles. The Morgan fingerprint density at radius 1 is 0.905 bits per heavy atom. The first-order valence-electron chi connectivity index (χ1n) is 6.64. The lowest BCUT2D eigenvalue weighted by atomic mass is 9.55. The number of carbonyl (C=O) groups is 4. The summed E-state index contributed by atoms with van der Waals surface area (Å²) < 4.78 is 4.80. The monoisotopic (exact) mass is 302 g/mol. The highest BCUT2D eigenvalue weighted by Crippen LogP contribution is 2.52. The van der Waals surface area contributed by atoms with Crippen molar-refractivity contribution in [3.63, 3.8) is 0 Å². The molecule has 8 heteroatoms. The highest BCUT2D eigenvalue weighted by atomic mass is 16.5. The average Bonchev–Trinajstić information content (AvgIpc) is 2.43. The predicted octanol–water partition coefficient (Wildman–Crippen LogP) is 0.740. The minimum absolute atomic E-state index is 0.0941. The second-order valence-electron chi connectivity index (χ2n) is 5.07. The minimum atomic E-state index is -2.71. The van der Waals surface area contributed by atoms with E-state index >= 15 is 0 Å². The first-order chi connectivity index (χ1) is 9.77. The molecule has 0 aromatic carbocycles. The molecule has 0 aromatic heterocycles. The van der Waals surface area contributed by atoms with Gasteiger partial charge in [-0.05, 0) is 19.3 Å². The lowest BCUT2D eigenvalue weighted by Gasteiger charge is -2.42. The molecular weight excluding hydrogens is 284 g/mol. The van der Waals surface area contributed by atoms with E-state index < -0.39 is 41.1 Å². The standard InChI is InChI=1S/C13H18O8/c1-2-7-21-11(20)13(10(18)19)6-4-3-5-12(13,8(14)15)9(16)17/h2-7H2,1H3,(H,14,15)(H,16,17)(H,18,19). The van der Waals surface area contributed by atoms with Gasteiger partial charge in [-0.25, -0.2) is 0 Å². The Morgan fingerprint density at radius 3 is 1.71 bits per heavy atom. The number of ether oxygens (including phenoxy) is 1. The van der Waals surface area contributed by atoms with E-state index in [1.165, 1.54) is 0 Å². The largest absolute Gasteiger partial charge is 0.480 e. The van der Waals surface area contributed by atoms with Crippen molar-refractivity contribution in [2.75, 3.05) is 6.61 Å². The van der Waals surface area contributed by atoms with E-state index in [2.05, 4.69) is 0 Å². The number of carboxylic acids is 3. The summed E-state index contributed by atoms with van der Waals surface area (Å²) in [5.41, 5.74) is -5.31. The second-order valence-corrected chi connectivity index (χ2v) is 5.07. The first-order valence-corrected chi connectivity index (χ1v) is 6.64. The molecule has 0 saturated heterocycles. The maximum atomic E-state index is 12.2. The number of aliphatic carboxylic acids is 3. The lowest BCUT2D eigenvalue weighted by Crippen LogP contribution is -2.63. The highest BCUT2D eigenvalue weighted by Gasteiger charge is 2.72. The van der Waals surface area contributed by atoms with E-state index in [-0.39, 0.29) is 25.9 Å². The Hall–Kier alpha value is -2.12. The van der Waals surface area contributed by atoms with E-state index in [1.807, 2.05) is 0 Å². The average molecular weight is 302 g/mol. The Kier molecular flexibility index (Phi) is 4.93. The van der Waals surface area contributed by atoms with Gasteiger partial charge in [0.2, 0.25) is 0 Å². The summed E-state index contributed by atoms with van der Waals surface area (Å²) in [7, 11) is 0. The van der Waals surface area contributed by atoms with Gasteiger partial charge in [-0.1, -0.05) is 19.8 Å². The van der Waals surface area contributed by atoms with Crippen molar-refractivity contribution >= 4 is 23.9 Å². The number of esters is 1. The Morgan fingerprint density at radius 2 is 1.33 bits per heavy atom. The fourth-order valence-electron chi connectivity index (χ4n) is 2.85. The van der Waals surface area contributed by atoms with E-state index in [4.69, 9.17) is 4.74 Å². The summed E-state index contributed by atoms with van der Waals surface area (Å²) in [5.74, 6) is -6.72. The predicted molar refractivity (Wildman–Crippen MR) is 67.5 cm³/mol. The van der Waals surface area contributed by atoms with E-state index in [0.29, 0.717) is 6.42 Å². The van der Waals surface area contributed by atoms with Gasteiger partial charge >= 0.3 is 23.9 Å². The van der Waals surface area contributed by atoms with Crippen LogP contribution in [-0.2, 0) is 23.9 Å². The molecular formula is C13H18O8. The van der Waals surface area contributed by atoms with Crippen LogP contribution in [0, 0.1) is 10.8 Å². The Bertz CT molecular complexity index is 455. The van der Waals surface area contributed by atoms with Crippen LogP contribution in [0.3, 0.4) is 0 Å². The van der Waals surface area contributed by atoms with Crippen molar-refractivity contribution in [1.82, 2.24) is 0 Å². The van der Waals surface area contributed by atoms with Gasteiger partial charge in [0.1, 0.15) is 0 Å². The van der Waals surface area contributed by atoms with Crippen LogP contribution in [0.15, 0.2) is 0 Å². The van der Waals surface area contributed by atoms with Crippen LogP contribution in [0.25, 0.3) is 0 Å². The third kappa shape index (κ3) is 2.34. The van der Waals surface area contributed by atoms with Crippen LogP contribution < -0.4 is 0 Å². The third-order valence-corrected chi connectivity index (χ3v) is 3.96. The van der Waals surface area contributed by atoms with Gasteiger partial charge in [0.05, 0.1) is 6.61 Å². The Labute approximate surface area is 120 Å². The van der Waals surface area contributed by atoms with Gasteiger partial charge in [-0.3, -0.25) is 19.2 Å². The highest BCUT2D eigenvalue weighted by molar-refractivity contribution is 6.13. The summed E-state index contributed by atoms with van der Waals surface area (Å²) in [4.78, 5) is 47.0. The quantitative estimate of drug-likeness (QED) is 0.482. The third-order valence-electron chi connectivity index (χ3n) is 3.96. The molecule has 0 bridgehead atoms. The van der Waals surface area contributed by atoms with Crippen LogP contribution in [0.4, 0.5) is 0 Å². The van der Waals surface area contributed by atoms with E-state index in [1.54, 1.807) is 6.92 Å². The molecule has 1 aliphatic carbocycles. The molecule has 0 aliphatic heterocycles. The maximum Gasteiger partial charge on any atom is 0.325 e. The molecule has 0 spiro atoms. The normalized spacial score (nSPS) is 24.0. The summed E-state index contributed by atoms with van der Waals surface area (Å²) >= 11 is 0. The molecule has 118 valence electrons.